The maximum Gasteiger partial charge on any atom is 0.408 e. The number of hydrogen-bond acceptors (Lipinski definition) is 8. The largest absolute Gasteiger partial charge is 0.408 e. The van der Waals surface area contributed by atoms with Gasteiger partial charge in [-0.3, -0.25) is 5.73 Å². The van der Waals surface area contributed by atoms with Gasteiger partial charge < -0.3 is 20.0 Å². The second kappa shape index (κ2) is 6.23. The van der Waals surface area contributed by atoms with Gasteiger partial charge in [-0.25, -0.2) is 14.4 Å². The van der Waals surface area contributed by atoms with Gasteiger partial charge >= 0.3 is 23.9 Å². The lowest BCUT2D eigenvalue weighted by atomic mass is 10.5. The molecule has 0 heterocycles. The Kier molecular flexibility index (Phi) is 5.34. The van der Waals surface area contributed by atoms with Crippen molar-refractivity contribution in [3.8, 4) is 0 Å². The highest BCUT2D eigenvalue weighted by atomic mass is 16.7. The van der Waals surface area contributed by atoms with Gasteiger partial charge in [-0.15, -0.1) is 0 Å². The van der Waals surface area contributed by atoms with Gasteiger partial charge in [-0.1, -0.05) is 5.16 Å². The fraction of sp³-hybridized carbons (Fsp3) is 0.250. The van der Waals surface area contributed by atoms with Crippen LogP contribution in [0.5, 0.6) is 0 Å². The zero-order valence-corrected chi connectivity index (χ0v) is 8.91. The Labute approximate surface area is 96.0 Å². The Morgan fingerprint density at radius 1 is 1.24 bits per heavy atom. The van der Waals surface area contributed by atoms with Crippen LogP contribution in [0.2, 0.25) is 0 Å². The number of nitrogens with zero attached hydrogens (tertiary/aromatic N) is 1. The normalized spacial score (nSPS) is 13.5. The molecular formula is C8H11N3O6. The van der Waals surface area contributed by atoms with Crippen molar-refractivity contribution in [3.05, 3.63) is 12.2 Å². The number of hydrogen-bond donors (Lipinski definition) is 2. The Bertz CT molecular complexity index is 362. The fourth-order valence-electron chi connectivity index (χ4n) is 0.684. The van der Waals surface area contributed by atoms with Crippen molar-refractivity contribution in [2.45, 2.75) is 12.8 Å². The predicted molar refractivity (Wildman–Crippen MR) is 54.1 cm³/mol. The van der Waals surface area contributed by atoms with E-state index in [1.807, 2.05) is 0 Å². The predicted octanol–water partition coefficient (Wildman–Crippen LogP) is -1.03. The molecule has 1 amide bonds. The van der Waals surface area contributed by atoms with Crippen molar-refractivity contribution in [1.82, 2.24) is 0 Å². The van der Waals surface area contributed by atoms with Crippen molar-refractivity contribution in [1.29, 1.82) is 0 Å². The van der Waals surface area contributed by atoms with Crippen molar-refractivity contribution in [2.24, 2.45) is 16.6 Å². The van der Waals surface area contributed by atoms with Crippen molar-refractivity contribution in [3.63, 3.8) is 0 Å². The third-order valence-corrected chi connectivity index (χ3v) is 1.12. The summed E-state index contributed by atoms with van der Waals surface area (Å²) < 4.78 is 8.71. The van der Waals surface area contributed by atoms with Crippen LogP contribution < -0.4 is 11.5 Å². The first-order valence-electron chi connectivity index (χ1n) is 4.12. The lowest BCUT2D eigenvalue weighted by molar-refractivity contribution is -0.192. The first kappa shape index (κ1) is 14.6. The number of amides is 1. The standard InChI is InChI=1S/C8H11N3O6/c1-8(10,16-7(9)14)15-5(12)3-4-6(13)17-11-2/h3-4H,2,10H2,1H3,(H2,9,14)/b4-3+/t8-/m1/s1. The summed E-state index contributed by atoms with van der Waals surface area (Å²) in [6, 6.07) is 0. The minimum Gasteiger partial charge on any atom is -0.406 e. The van der Waals surface area contributed by atoms with Crippen molar-refractivity contribution < 1.29 is 28.7 Å². The third kappa shape index (κ3) is 7.50. The minimum absolute atomic E-state index is 0.697. The molecule has 0 aliphatic rings. The van der Waals surface area contributed by atoms with Crippen LogP contribution in [-0.2, 0) is 23.9 Å². The van der Waals surface area contributed by atoms with Gasteiger partial charge in [0.2, 0.25) is 0 Å². The van der Waals surface area contributed by atoms with Crippen LogP contribution in [0.3, 0.4) is 0 Å². The number of primary amides is 1. The van der Waals surface area contributed by atoms with E-state index < -0.39 is 23.9 Å². The molecule has 0 unspecified atom stereocenters. The second-order valence-electron chi connectivity index (χ2n) is 2.73. The van der Waals surface area contributed by atoms with Crippen molar-refractivity contribution in [2.75, 3.05) is 0 Å². The van der Waals surface area contributed by atoms with E-state index in [1.165, 1.54) is 0 Å². The number of rotatable bonds is 5. The zero-order valence-electron chi connectivity index (χ0n) is 8.91. The third-order valence-electron chi connectivity index (χ3n) is 1.12. The van der Waals surface area contributed by atoms with E-state index in [9.17, 15) is 14.4 Å². The quantitative estimate of drug-likeness (QED) is 0.157. The Morgan fingerprint density at radius 3 is 2.24 bits per heavy atom. The molecule has 0 aromatic carbocycles. The lowest BCUT2D eigenvalue weighted by Crippen LogP contribution is -2.46. The molecule has 9 nitrogen and oxygen atoms in total. The van der Waals surface area contributed by atoms with E-state index in [1.54, 1.807) is 0 Å². The van der Waals surface area contributed by atoms with E-state index >= 15 is 0 Å². The van der Waals surface area contributed by atoms with Crippen LogP contribution in [0.1, 0.15) is 6.92 Å². The first-order valence-corrected chi connectivity index (χ1v) is 4.12. The van der Waals surface area contributed by atoms with Crippen LogP contribution >= 0.6 is 0 Å². The van der Waals surface area contributed by atoms with Gasteiger partial charge in [0.1, 0.15) is 0 Å². The summed E-state index contributed by atoms with van der Waals surface area (Å²) in [5.74, 6) is -4.02. The molecule has 0 saturated carbocycles. The summed E-state index contributed by atoms with van der Waals surface area (Å²) in [5.41, 5.74) is 9.91. The molecule has 0 saturated heterocycles. The zero-order chi connectivity index (χ0) is 13.5. The molecule has 0 aromatic heterocycles. The Balaban J connectivity index is 4.30. The highest BCUT2D eigenvalue weighted by Gasteiger charge is 2.26. The van der Waals surface area contributed by atoms with Gasteiger partial charge in [0, 0.05) is 25.8 Å². The van der Waals surface area contributed by atoms with E-state index in [2.05, 4.69) is 31.9 Å². The molecule has 0 aliphatic carbocycles. The van der Waals surface area contributed by atoms with Gasteiger partial charge in [-0.2, -0.15) is 0 Å². The van der Waals surface area contributed by atoms with Gasteiger partial charge in [0.05, 0.1) is 0 Å². The van der Waals surface area contributed by atoms with Crippen LogP contribution in [-0.4, -0.2) is 30.7 Å². The van der Waals surface area contributed by atoms with E-state index in [0.29, 0.717) is 6.08 Å². The van der Waals surface area contributed by atoms with Crippen LogP contribution in [0.25, 0.3) is 0 Å². The molecule has 1 atom stereocenters. The molecule has 0 rings (SSSR count). The topological polar surface area (TPSA) is 143 Å². The van der Waals surface area contributed by atoms with Crippen molar-refractivity contribution >= 4 is 24.7 Å². The number of carbonyl (C=O) groups excluding carboxylic acids is 3. The minimum atomic E-state index is -2.03. The average molecular weight is 245 g/mol. The molecule has 4 N–H and O–H groups in total. The number of esters is 1. The summed E-state index contributed by atoms with van der Waals surface area (Å²) >= 11 is 0. The number of ether oxygens (including phenoxy) is 2. The summed E-state index contributed by atoms with van der Waals surface area (Å²) in [7, 11) is 0. The maximum atomic E-state index is 11.1. The number of carbonyl (C=O) groups is 3. The van der Waals surface area contributed by atoms with E-state index in [-0.39, 0.29) is 0 Å². The maximum absolute atomic E-state index is 11.1. The molecule has 0 bridgehead atoms. The summed E-state index contributed by atoms with van der Waals surface area (Å²) in [4.78, 5) is 36.2. The number of oxime groups is 1. The smallest absolute Gasteiger partial charge is 0.406 e. The molecule has 17 heavy (non-hydrogen) atoms. The molecule has 9 heteroatoms. The monoisotopic (exact) mass is 245 g/mol. The summed E-state index contributed by atoms with van der Waals surface area (Å²) in [6.45, 7) is 3.96. The summed E-state index contributed by atoms with van der Waals surface area (Å²) in [6.07, 6.45) is 0.197. The molecule has 0 radical (unpaired) electrons. The van der Waals surface area contributed by atoms with Crippen LogP contribution in [0.4, 0.5) is 4.79 Å². The molecule has 0 aliphatic heterocycles. The first-order chi connectivity index (χ1) is 7.76. The molecule has 0 aromatic rings. The highest BCUT2D eigenvalue weighted by Crippen LogP contribution is 2.04. The molecular weight excluding hydrogens is 234 g/mol. The summed E-state index contributed by atoms with van der Waals surface area (Å²) in [5, 5.41) is 2.81. The fourth-order valence-corrected chi connectivity index (χ4v) is 0.684. The highest BCUT2D eigenvalue weighted by molar-refractivity contribution is 5.91. The molecule has 0 spiro atoms. The van der Waals surface area contributed by atoms with Gasteiger partial charge in [-0.05, 0) is 0 Å². The van der Waals surface area contributed by atoms with Crippen LogP contribution in [0.15, 0.2) is 17.3 Å². The Morgan fingerprint density at radius 2 is 1.76 bits per heavy atom. The van der Waals surface area contributed by atoms with E-state index in [0.717, 1.165) is 13.0 Å². The molecule has 94 valence electrons. The lowest BCUT2D eigenvalue weighted by Gasteiger charge is -2.22. The Hall–Kier alpha value is -2.42. The number of nitrogens with two attached hydrogens (primary N) is 2. The average Bonchev–Trinajstić information content (AvgIpc) is 2.12. The van der Waals surface area contributed by atoms with Crippen LogP contribution in [0, 0.1) is 0 Å². The SMILES string of the molecule is C=NOC(=O)/C=C/C(=O)O[C@@](C)(N)OC(N)=O. The van der Waals surface area contributed by atoms with Gasteiger partial charge in [0.25, 0.3) is 0 Å². The van der Waals surface area contributed by atoms with Gasteiger partial charge in [0.15, 0.2) is 0 Å². The molecule has 0 fully saturated rings. The van der Waals surface area contributed by atoms with E-state index in [4.69, 9.17) is 5.73 Å². The second-order valence-corrected chi connectivity index (χ2v) is 2.73.